The highest BCUT2D eigenvalue weighted by Crippen LogP contribution is 2.39. The van der Waals surface area contributed by atoms with Crippen LogP contribution in [0.5, 0.6) is 5.75 Å². The molecule has 5 heteroatoms. The van der Waals surface area contributed by atoms with Gasteiger partial charge < -0.3 is 9.47 Å². The van der Waals surface area contributed by atoms with Gasteiger partial charge in [-0.15, -0.1) is 0 Å². The van der Waals surface area contributed by atoms with Crippen LogP contribution >= 0.6 is 0 Å². The van der Waals surface area contributed by atoms with Crippen molar-refractivity contribution in [1.82, 2.24) is 9.88 Å². The minimum Gasteiger partial charge on any atom is -0.490 e. The first kappa shape index (κ1) is 23.0. The number of rotatable bonds is 5. The maximum Gasteiger partial charge on any atom is 0.308 e. The molecule has 2 heterocycles. The van der Waals surface area contributed by atoms with Gasteiger partial charge in [0.1, 0.15) is 5.75 Å². The van der Waals surface area contributed by atoms with Crippen molar-refractivity contribution in [1.29, 1.82) is 0 Å². The average Bonchev–Trinajstić information content (AvgIpc) is 2.79. The van der Waals surface area contributed by atoms with Crippen LogP contribution in [0.25, 0.3) is 10.9 Å². The summed E-state index contributed by atoms with van der Waals surface area (Å²) >= 11 is 0. The molecule has 32 heavy (non-hydrogen) atoms. The van der Waals surface area contributed by atoms with E-state index in [0.717, 1.165) is 73.6 Å². The third-order valence-electron chi connectivity index (χ3n) is 7.43. The first-order valence-corrected chi connectivity index (χ1v) is 12.2. The van der Waals surface area contributed by atoms with Crippen molar-refractivity contribution >= 4 is 16.9 Å². The Morgan fingerprint density at radius 3 is 2.41 bits per heavy atom. The third-order valence-corrected chi connectivity index (χ3v) is 7.43. The fraction of sp³-hybridized carbons (Fsp3) is 0.630. The minimum absolute atomic E-state index is 0.0442. The van der Waals surface area contributed by atoms with Gasteiger partial charge in [0.25, 0.3) is 0 Å². The van der Waals surface area contributed by atoms with Crippen LogP contribution in [0.15, 0.2) is 30.3 Å². The van der Waals surface area contributed by atoms with Crippen molar-refractivity contribution in [2.45, 2.75) is 71.9 Å². The number of aromatic nitrogens is 1. The molecule has 1 aromatic carbocycles. The van der Waals surface area contributed by atoms with E-state index >= 15 is 0 Å². The van der Waals surface area contributed by atoms with Crippen LogP contribution in [0.2, 0.25) is 0 Å². The molecule has 0 atom stereocenters. The van der Waals surface area contributed by atoms with Crippen LogP contribution in [0, 0.1) is 17.3 Å². The Balaban J connectivity index is 1.32. The predicted molar refractivity (Wildman–Crippen MR) is 128 cm³/mol. The zero-order chi connectivity index (χ0) is 22.7. The van der Waals surface area contributed by atoms with Gasteiger partial charge in [-0.3, -0.25) is 14.7 Å². The maximum absolute atomic E-state index is 11.7. The molecule has 0 spiro atoms. The summed E-state index contributed by atoms with van der Waals surface area (Å²) < 4.78 is 11.2. The largest absolute Gasteiger partial charge is 0.490 e. The molecule has 0 radical (unpaired) electrons. The Morgan fingerprint density at radius 1 is 1.03 bits per heavy atom. The van der Waals surface area contributed by atoms with Gasteiger partial charge in [0.2, 0.25) is 0 Å². The van der Waals surface area contributed by atoms with Crippen molar-refractivity contribution in [3.8, 4) is 5.75 Å². The molecular formula is C27H38N2O3. The highest BCUT2D eigenvalue weighted by atomic mass is 16.5. The fourth-order valence-corrected chi connectivity index (χ4v) is 5.27. The zero-order valence-electron chi connectivity index (χ0n) is 20.1. The number of benzene rings is 1. The highest BCUT2D eigenvalue weighted by Gasteiger charge is 2.30. The molecule has 0 unspecified atom stereocenters. The lowest BCUT2D eigenvalue weighted by Crippen LogP contribution is -2.36. The lowest BCUT2D eigenvalue weighted by molar-refractivity contribution is -0.147. The second-order valence-corrected chi connectivity index (χ2v) is 10.7. The molecule has 5 nitrogen and oxygen atoms in total. The topological polar surface area (TPSA) is 51.7 Å². The van der Waals surface area contributed by atoms with Gasteiger partial charge in [-0.25, -0.2) is 0 Å². The Kier molecular flexibility index (Phi) is 7.04. The van der Waals surface area contributed by atoms with E-state index in [4.69, 9.17) is 14.5 Å². The van der Waals surface area contributed by atoms with Gasteiger partial charge in [-0.1, -0.05) is 26.8 Å². The molecule has 2 aromatic rings. The zero-order valence-corrected chi connectivity index (χ0v) is 20.1. The van der Waals surface area contributed by atoms with Gasteiger partial charge in [0, 0.05) is 11.9 Å². The molecule has 1 aromatic heterocycles. The summed E-state index contributed by atoms with van der Waals surface area (Å²) in [4.78, 5) is 19.0. The number of fused-ring (bicyclic) bond motifs is 1. The van der Waals surface area contributed by atoms with Crippen LogP contribution in [0.3, 0.4) is 0 Å². The Hall–Kier alpha value is -2.14. The number of carbonyl (C=O) groups is 1. The molecule has 0 bridgehead atoms. The smallest absolute Gasteiger partial charge is 0.308 e. The monoisotopic (exact) mass is 438 g/mol. The maximum atomic E-state index is 11.7. The molecule has 0 N–H and O–H groups in total. The summed E-state index contributed by atoms with van der Waals surface area (Å²) in [6.45, 7) is 9.70. The Morgan fingerprint density at radius 2 is 1.75 bits per heavy atom. The van der Waals surface area contributed by atoms with Crippen molar-refractivity contribution in [2.75, 3.05) is 20.2 Å². The standard InChI is InChI=1S/C27H38N2O3/c1-27(2,3)21-6-9-23(10-7-21)32-24-11-12-25-20(17-24)5-8-22(28-25)18-29-15-13-19(14-16-29)26(30)31-4/h5,8,11-12,17,19,21,23H,6-7,9-10,13-16,18H2,1-4H3. The molecule has 2 fully saturated rings. The van der Waals surface area contributed by atoms with E-state index in [9.17, 15) is 4.79 Å². The molecule has 174 valence electrons. The molecule has 1 saturated heterocycles. The quantitative estimate of drug-likeness (QED) is 0.569. The molecular weight excluding hydrogens is 400 g/mol. The van der Waals surface area contributed by atoms with Crippen molar-refractivity contribution in [3.63, 3.8) is 0 Å². The number of piperidine rings is 1. The second-order valence-electron chi connectivity index (χ2n) is 10.7. The molecule has 2 aliphatic rings. The van der Waals surface area contributed by atoms with E-state index in [-0.39, 0.29) is 11.9 Å². The van der Waals surface area contributed by atoms with Crippen LogP contribution in [-0.4, -0.2) is 42.2 Å². The number of hydrogen-bond donors (Lipinski definition) is 0. The molecule has 1 aliphatic carbocycles. The molecule has 1 saturated carbocycles. The average molecular weight is 439 g/mol. The summed E-state index contributed by atoms with van der Waals surface area (Å²) in [7, 11) is 1.47. The number of nitrogens with zero attached hydrogens (tertiary/aromatic N) is 2. The Labute approximate surface area is 192 Å². The van der Waals surface area contributed by atoms with E-state index in [1.165, 1.54) is 20.0 Å². The number of esters is 1. The lowest BCUT2D eigenvalue weighted by Gasteiger charge is -2.36. The first-order valence-electron chi connectivity index (χ1n) is 12.2. The van der Waals surface area contributed by atoms with Crippen LogP contribution < -0.4 is 4.74 Å². The SMILES string of the molecule is COC(=O)C1CCN(Cc2ccc3cc(OC4CCC(C(C)(C)C)CC4)ccc3n2)CC1. The number of carbonyl (C=O) groups excluding carboxylic acids is 1. The minimum atomic E-state index is -0.0752. The predicted octanol–water partition coefficient (Wildman–Crippen LogP) is 5.60. The number of ether oxygens (including phenoxy) is 2. The van der Waals surface area contributed by atoms with E-state index in [1.807, 2.05) is 0 Å². The first-order chi connectivity index (χ1) is 15.3. The second kappa shape index (κ2) is 9.78. The summed E-state index contributed by atoms with van der Waals surface area (Å²) in [6, 6.07) is 10.5. The van der Waals surface area contributed by atoms with Gasteiger partial charge in [0.05, 0.1) is 30.3 Å². The van der Waals surface area contributed by atoms with Gasteiger partial charge in [-0.05, 0) is 87.2 Å². The summed E-state index contributed by atoms with van der Waals surface area (Å²) in [5, 5.41) is 1.12. The number of likely N-dealkylation sites (tertiary alicyclic amines) is 1. The number of pyridine rings is 1. The number of methoxy groups -OCH3 is 1. The lowest BCUT2D eigenvalue weighted by atomic mass is 9.72. The summed E-state index contributed by atoms with van der Waals surface area (Å²) in [5.41, 5.74) is 2.48. The van der Waals surface area contributed by atoms with Gasteiger partial charge >= 0.3 is 5.97 Å². The molecule has 1 aliphatic heterocycles. The Bertz CT molecular complexity index is 920. The highest BCUT2D eigenvalue weighted by molar-refractivity contribution is 5.80. The number of hydrogen-bond acceptors (Lipinski definition) is 5. The van der Waals surface area contributed by atoms with Gasteiger partial charge in [-0.2, -0.15) is 0 Å². The van der Waals surface area contributed by atoms with E-state index in [2.05, 4.69) is 56.0 Å². The molecule has 0 amide bonds. The van der Waals surface area contributed by atoms with Crippen LogP contribution in [-0.2, 0) is 16.1 Å². The normalized spacial score (nSPS) is 23.2. The van der Waals surface area contributed by atoms with E-state index in [0.29, 0.717) is 11.5 Å². The van der Waals surface area contributed by atoms with Crippen molar-refractivity contribution < 1.29 is 14.3 Å². The summed E-state index contributed by atoms with van der Waals surface area (Å²) in [6.07, 6.45) is 6.84. The van der Waals surface area contributed by atoms with Gasteiger partial charge in [0.15, 0.2) is 0 Å². The van der Waals surface area contributed by atoms with Crippen molar-refractivity contribution in [2.24, 2.45) is 17.3 Å². The fourth-order valence-electron chi connectivity index (χ4n) is 5.27. The van der Waals surface area contributed by atoms with Crippen LogP contribution in [0.1, 0.15) is 65.0 Å². The third kappa shape index (κ3) is 5.61. The van der Waals surface area contributed by atoms with E-state index in [1.54, 1.807) is 0 Å². The van der Waals surface area contributed by atoms with E-state index < -0.39 is 0 Å². The van der Waals surface area contributed by atoms with Crippen molar-refractivity contribution in [3.05, 3.63) is 36.0 Å². The van der Waals surface area contributed by atoms with Crippen LogP contribution in [0.4, 0.5) is 0 Å². The molecule has 4 rings (SSSR count). The summed E-state index contributed by atoms with van der Waals surface area (Å²) in [5.74, 6) is 1.72.